The number of hydrogen-bond acceptors (Lipinski definition) is 2. The molecule has 0 aromatic carbocycles. The quantitative estimate of drug-likeness (QED) is 0.475. The molecule has 0 aliphatic rings. The molecule has 0 aromatic heterocycles. The zero-order valence-electron chi connectivity index (χ0n) is 12.3. The molecule has 0 radical (unpaired) electrons. The smallest absolute Gasteiger partial charge is 0.389 e. The van der Waals surface area contributed by atoms with Gasteiger partial charge in [0, 0.05) is 6.42 Å². The predicted octanol–water partition coefficient (Wildman–Crippen LogP) is 4.72. The maximum atomic E-state index is 11.9. The van der Waals surface area contributed by atoms with E-state index in [1.807, 2.05) is 27.7 Å². The van der Waals surface area contributed by atoms with Crippen LogP contribution in [0.4, 0.5) is 13.2 Å². The van der Waals surface area contributed by atoms with Gasteiger partial charge in [0.05, 0.1) is 12.0 Å². The van der Waals surface area contributed by atoms with Gasteiger partial charge in [-0.1, -0.05) is 20.3 Å². The van der Waals surface area contributed by atoms with E-state index in [0.717, 1.165) is 0 Å². The highest BCUT2D eigenvalue weighted by Crippen LogP contribution is 2.24. The van der Waals surface area contributed by atoms with Gasteiger partial charge in [0.2, 0.25) is 0 Å². The minimum Gasteiger partial charge on any atom is -0.465 e. The highest BCUT2D eigenvalue weighted by molar-refractivity contribution is 5.75. The fraction of sp³-hybridized carbons (Fsp3) is 0.929. The third-order valence-electron chi connectivity index (χ3n) is 3.34. The average Bonchev–Trinajstić information content (AvgIpc) is 2.30. The molecule has 0 spiro atoms. The van der Waals surface area contributed by atoms with Gasteiger partial charge >= 0.3 is 12.1 Å². The van der Waals surface area contributed by atoms with Gasteiger partial charge in [0.15, 0.2) is 0 Å². The third kappa shape index (κ3) is 8.89. The van der Waals surface area contributed by atoms with Crippen molar-refractivity contribution >= 4 is 5.97 Å². The number of carbonyl (C=O) groups is 1. The second kappa shape index (κ2) is 7.75. The monoisotopic (exact) mass is 282 g/mol. The number of halogens is 3. The van der Waals surface area contributed by atoms with Gasteiger partial charge in [-0.25, -0.2) is 0 Å². The van der Waals surface area contributed by atoms with Gasteiger partial charge in [-0.05, 0) is 39.0 Å². The van der Waals surface area contributed by atoms with Crippen LogP contribution in [-0.2, 0) is 9.53 Å². The van der Waals surface area contributed by atoms with Crippen LogP contribution in [0, 0.1) is 11.3 Å². The number of carbonyl (C=O) groups excluding carboxylic acids is 1. The van der Waals surface area contributed by atoms with Crippen LogP contribution in [0.25, 0.3) is 0 Å². The summed E-state index contributed by atoms with van der Waals surface area (Å²) in [6.45, 7) is 7.74. The maximum absolute atomic E-state index is 11.9. The molecule has 114 valence electrons. The predicted molar refractivity (Wildman–Crippen MR) is 68.7 cm³/mol. The fourth-order valence-electron chi connectivity index (χ4n) is 1.46. The first kappa shape index (κ1) is 18.3. The minimum atomic E-state index is -4.07. The fourth-order valence-corrected chi connectivity index (χ4v) is 1.46. The summed E-state index contributed by atoms with van der Waals surface area (Å²) in [6, 6.07) is 0. The lowest BCUT2D eigenvalue weighted by Crippen LogP contribution is -2.27. The van der Waals surface area contributed by atoms with Crippen LogP contribution in [0.15, 0.2) is 0 Å². The number of alkyl halides is 3. The molecular formula is C14H25F3O2. The van der Waals surface area contributed by atoms with Gasteiger partial charge in [0.25, 0.3) is 0 Å². The van der Waals surface area contributed by atoms with Crippen LogP contribution < -0.4 is 0 Å². The van der Waals surface area contributed by atoms with E-state index in [2.05, 4.69) is 0 Å². The van der Waals surface area contributed by atoms with Crippen LogP contribution in [0.2, 0.25) is 0 Å². The van der Waals surface area contributed by atoms with E-state index in [1.165, 1.54) is 0 Å². The molecule has 0 aromatic rings. The zero-order valence-corrected chi connectivity index (χ0v) is 12.3. The molecular weight excluding hydrogens is 257 g/mol. The van der Waals surface area contributed by atoms with Gasteiger partial charge in [-0.2, -0.15) is 13.2 Å². The van der Waals surface area contributed by atoms with E-state index in [1.54, 1.807) is 0 Å². The van der Waals surface area contributed by atoms with Crippen molar-refractivity contribution in [3.8, 4) is 0 Å². The first-order valence-corrected chi connectivity index (χ1v) is 6.82. The number of ether oxygens (including phenoxy) is 1. The lowest BCUT2D eigenvalue weighted by Gasteiger charge is -2.21. The Kier molecular flexibility index (Phi) is 7.45. The van der Waals surface area contributed by atoms with Crippen molar-refractivity contribution in [1.29, 1.82) is 0 Å². The van der Waals surface area contributed by atoms with Crippen molar-refractivity contribution < 1.29 is 22.7 Å². The molecule has 0 saturated heterocycles. The SMILES string of the molecule is CCC(C)(C)C(=O)OCC(C)CCCCC(F)(F)F. The normalized spacial score (nSPS) is 14.3. The van der Waals surface area contributed by atoms with Gasteiger partial charge in [-0.15, -0.1) is 0 Å². The molecule has 0 fully saturated rings. The zero-order chi connectivity index (χ0) is 15.1. The molecule has 0 aliphatic heterocycles. The molecule has 1 atom stereocenters. The van der Waals surface area contributed by atoms with E-state index in [-0.39, 0.29) is 24.9 Å². The van der Waals surface area contributed by atoms with Crippen molar-refractivity contribution in [2.75, 3.05) is 6.61 Å². The molecule has 0 bridgehead atoms. The third-order valence-corrected chi connectivity index (χ3v) is 3.34. The van der Waals surface area contributed by atoms with E-state index in [9.17, 15) is 18.0 Å². The van der Waals surface area contributed by atoms with Gasteiger partial charge in [-0.3, -0.25) is 4.79 Å². The van der Waals surface area contributed by atoms with E-state index < -0.39 is 18.0 Å². The molecule has 0 saturated carbocycles. The van der Waals surface area contributed by atoms with E-state index in [4.69, 9.17) is 4.74 Å². The Bertz CT molecular complexity index is 272. The standard InChI is InChI=1S/C14H25F3O2/c1-5-13(3,4)12(18)19-10-11(2)8-6-7-9-14(15,16)17/h11H,5-10H2,1-4H3. The first-order chi connectivity index (χ1) is 8.58. The van der Waals surface area contributed by atoms with Crippen molar-refractivity contribution in [3.63, 3.8) is 0 Å². The second-order valence-corrected chi connectivity index (χ2v) is 5.80. The van der Waals surface area contributed by atoms with Crippen molar-refractivity contribution in [1.82, 2.24) is 0 Å². The average molecular weight is 282 g/mol. The number of unbranched alkanes of at least 4 members (excludes halogenated alkanes) is 1. The Hall–Kier alpha value is -0.740. The number of rotatable bonds is 8. The van der Waals surface area contributed by atoms with Crippen LogP contribution in [-0.4, -0.2) is 18.8 Å². The van der Waals surface area contributed by atoms with Crippen LogP contribution in [0.1, 0.15) is 59.8 Å². The molecule has 1 unspecified atom stereocenters. The molecule has 5 heteroatoms. The topological polar surface area (TPSA) is 26.3 Å². The first-order valence-electron chi connectivity index (χ1n) is 6.82. The lowest BCUT2D eigenvalue weighted by atomic mass is 9.90. The summed E-state index contributed by atoms with van der Waals surface area (Å²) in [5.74, 6) is -0.137. The second-order valence-electron chi connectivity index (χ2n) is 5.80. The van der Waals surface area contributed by atoms with Gasteiger partial charge in [0.1, 0.15) is 0 Å². The Labute approximate surface area is 113 Å². The van der Waals surface area contributed by atoms with Gasteiger partial charge < -0.3 is 4.74 Å². The molecule has 0 rings (SSSR count). The molecule has 0 heterocycles. The van der Waals surface area contributed by atoms with Crippen LogP contribution in [0.3, 0.4) is 0 Å². The molecule has 19 heavy (non-hydrogen) atoms. The summed E-state index contributed by atoms with van der Waals surface area (Å²) in [5.41, 5.74) is -0.490. The Morgan fingerprint density at radius 1 is 1.21 bits per heavy atom. The summed E-state index contributed by atoms with van der Waals surface area (Å²) >= 11 is 0. The Morgan fingerprint density at radius 3 is 2.26 bits per heavy atom. The van der Waals surface area contributed by atoms with Crippen molar-refractivity contribution in [2.24, 2.45) is 11.3 Å². The summed E-state index contributed by atoms with van der Waals surface area (Å²) in [4.78, 5) is 11.7. The molecule has 2 nitrogen and oxygen atoms in total. The summed E-state index contributed by atoms with van der Waals surface area (Å²) in [6.07, 6.45) is -2.80. The summed E-state index contributed by atoms with van der Waals surface area (Å²) < 4.78 is 41.0. The highest BCUT2D eigenvalue weighted by Gasteiger charge is 2.28. The summed E-state index contributed by atoms with van der Waals surface area (Å²) in [5, 5.41) is 0. The maximum Gasteiger partial charge on any atom is 0.389 e. The lowest BCUT2D eigenvalue weighted by molar-refractivity contribution is -0.155. The molecule has 0 amide bonds. The number of esters is 1. The van der Waals surface area contributed by atoms with E-state index >= 15 is 0 Å². The van der Waals surface area contributed by atoms with Crippen molar-refractivity contribution in [3.05, 3.63) is 0 Å². The molecule has 0 N–H and O–H groups in total. The van der Waals surface area contributed by atoms with Crippen molar-refractivity contribution in [2.45, 2.75) is 66.0 Å². The Balaban J connectivity index is 3.76. The molecule has 0 aliphatic carbocycles. The largest absolute Gasteiger partial charge is 0.465 e. The van der Waals surface area contributed by atoms with Crippen LogP contribution >= 0.6 is 0 Å². The minimum absolute atomic E-state index is 0.102. The van der Waals surface area contributed by atoms with E-state index in [0.29, 0.717) is 19.3 Å². The number of hydrogen-bond donors (Lipinski definition) is 0. The summed E-state index contributed by atoms with van der Waals surface area (Å²) in [7, 11) is 0. The van der Waals surface area contributed by atoms with Crippen LogP contribution in [0.5, 0.6) is 0 Å². The Morgan fingerprint density at radius 2 is 1.79 bits per heavy atom. The highest BCUT2D eigenvalue weighted by atomic mass is 19.4.